The summed E-state index contributed by atoms with van der Waals surface area (Å²) in [4.78, 5) is 21.7. The highest BCUT2D eigenvalue weighted by atomic mass is 19.4. The molecule has 0 spiro atoms. The predicted molar refractivity (Wildman–Crippen MR) is 56.9 cm³/mol. The fraction of sp³-hybridized carbons (Fsp3) is 0.200. The summed E-state index contributed by atoms with van der Waals surface area (Å²) in [5.74, 6) is -3.79. The Bertz CT molecular complexity index is 456. The third kappa shape index (κ3) is 3.37. The molecule has 0 aliphatic carbocycles. The number of halogens is 3. The smallest absolute Gasteiger partial charge is 0.471 e. The van der Waals surface area contributed by atoms with Gasteiger partial charge in [-0.15, -0.1) is 0 Å². The molecule has 8 heteroatoms. The summed E-state index contributed by atoms with van der Waals surface area (Å²) < 4.78 is 36.9. The van der Waals surface area contributed by atoms with Crippen molar-refractivity contribution in [2.45, 2.75) is 6.18 Å². The van der Waals surface area contributed by atoms with E-state index in [0.29, 0.717) is 0 Å². The number of anilines is 2. The lowest BCUT2D eigenvalue weighted by Gasteiger charge is -2.21. The minimum Gasteiger partial charge on any atom is -0.480 e. The number of carbonyl (C=O) groups is 2. The van der Waals surface area contributed by atoms with Crippen molar-refractivity contribution in [1.82, 2.24) is 0 Å². The van der Waals surface area contributed by atoms with E-state index in [0.717, 1.165) is 12.1 Å². The molecule has 98 valence electrons. The molecule has 0 bridgehead atoms. The van der Waals surface area contributed by atoms with Gasteiger partial charge in [-0.25, -0.2) is 0 Å². The number of nitrogens with zero attached hydrogens (tertiary/aromatic N) is 1. The highest BCUT2D eigenvalue weighted by Gasteiger charge is 2.43. The summed E-state index contributed by atoms with van der Waals surface area (Å²) in [6, 6.07) is 4.82. The van der Waals surface area contributed by atoms with E-state index in [1.54, 1.807) is 0 Å². The third-order valence-electron chi connectivity index (χ3n) is 1.99. The van der Waals surface area contributed by atoms with Crippen LogP contribution in [0.15, 0.2) is 24.3 Å². The topological polar surface area (TPSA) is 83.6 Å². The van der Waals surface area contributed by atoms with Crippen LogP contribution < -0.4 is 10.6 Å². The number of benzene rings is 1. The fourth-order valence-electron chi connectivity index (χ4n) is 1.22. The Morgan fingerprint density at radius 3 is 2.11 bits per heavy atom. The molecule has 0 unspecified atom stereocenters. The van der Waals surface area contributed by atoms with Crippen LogP contribution in [-0.4, -0.2) is 29.7 Å². The Balaban J connectivity index is 3.09. The number of hydrogen-bond donors (Lipinski definition) is 2. The van der Waals surface area contributed by atoms with Gasteiger partial charge in [0.1, 0.15) is 6.54 Å². The third-order valence-corrected chi connectivity index (χ3v) is 1.99. The number of nitrogen functional groups attached to an aromatic ring is 1. The molecule has 1 aromatic carbocycles. The maximum Gasteiger partial charge on any atom is 0.471 e. The average Bonchev–Trinajstić information content (AvgIpc) is 2.25. The Morgan fingerprint density at radius 2 is 1.72 bits per heavy atom. The van der Waals surface area contributed by atoms with E-state index in [4.69, 9.17) is 10.8 Å². The molecule has 0 saturated heterocycles. The summed E-state index contributed by atoms with van der Waals surface area (Å²) in [6.45, 7) is -1.08. The van der Waals surface area contributed by atoms with E-state index in [2.05, 4.69) is 0 Å². The molecule has 3 N–H and O–H groups in total. The maximum atomic E-state index is 12.3. The number of carbonyl (C=O) groups excluding carboxylic acids is 1. The molecule has 18 heavy (non-hydrogen) atoms. The number of rotatable bonds is 3. The lowest BCUT2D eigenvalue weighted by atomic mass is 10.2. The number of alkyl halides is 3. The first-order chi connectivity index (χ1) is 8.21. The zero-order chi connectivity index (χ0) is 13.9. The molecule has 0 saturated carbocycles. The number of carboxylic acids is 1. The van der Waals surface area contributed by atoms with E-state index in [1.807, 2.05) is 0 Å². The van der Waals surface area contributed by atoms with Crippen LogP contribution in [0, 0.1) is 0 Å². The average molecular weight is 262 g/mol. The molecule has 0 heterocycles. The van der Waals surface area contributed by atoms with Gasteiger partial charge in [0, 0.05) is 11.4 Å². The predicted octanol–water partition coefficient (Wildman–Crippen LogP) is 1.25. The van der Waals surface area contributed by atoms with Crippen LogP contribution >= 0.6 is 0 Å². The van der Waals surface area contributed by atoms with Crippen molar-refractivity contribution in [1.29, 1.82) is 0 Å². The molecule has 1 aromatic rings. The van der Waals surface area contributed by atoms with Gasteiger partial charge in [-0.05, 0) is 24.3 Å². The zero-order valence-electron chi connectivity index (χ0n) is 8.94. The normalized spacial score (nSPS) is 11.1. The molecular formula is C10H9F3N2O3. The summed E-state index contributed by atoms with van der Waals surface area (Å²) in [7, 11) is 0. The highest BCUT2D eigenvalue weighted by molar-refractivity contribution is 6.00. The first kappa shape index (κ1) is 13.8. The second-order valence-corrected chi connectivity index (χ2v) is 3.37. The minimum atomic E-state index is -5.14. The van der Waals surface area contributed by atoms with Crippen molar-refractivity contribution in [3.63, 3.8) is 0 Å². The van der Waals surface area contributed by atoms with Gasteiger partial charge in [0.05, 0.1) is 0 Å². The minimum absolute atomic E-state index is 0.127. The van der Waals surface area contributed by atoms with Gasteiger partial charge in [0.2, 0.25) is 0 Å². The Hall–Kier alpha value is -2.25. The number of aliphatic carboxylic acids is 1. The SMILES string of the molecule is Nc1ccc(N(CC(=O)O)C(=O)C(F)(F)F)cc1. The second-order valence-electron chi connectivity index (χ2n) is 3.37. The van der Waals surface area contributed by atoms with Gasteiger partial charge in [0.25, 0.3) is 0 Å². The summed E-state index contributed by atoms with van der Waals surface area (Å²) in [5.41, 5.74) is 5.45. The van der Waals surface area contributed by atoms with Gasteiger partial charge < -0.3 is 10.8 Å². The summed E-state index contributed by atoms with van der Waals surface area (Å²) in [6.07, 6.45) is -5.14. The number of nitrogens with two attached hydrogens (primary N) is 1. The molecule has 5 nitrogen and oxygen atoms in total. The standard InChI is InChI=1S/C10H9F3N2O3/c11-10(12,13)9(18)15(5-8(16)17)7-3-1-6(14)2-4-7/h1-4H,5,14H2,(H,16,17). The molecule has 0 atom stereocenters. The Labute approximate surface area is 99.6 Å². The first-order valence-electron chi connectivity index (χ1n) is 4.68. The van der Waals surface area contributed by atoms with Gasteiger partial charge in [0.15, 0.2) is 0 Å². The molecule has 0 fully saturated rings. The van der Waals surface area contributed by atoms with Crippen molar-refractivity contribution in [2.75, 3.05) is 17.2 Å². The van der Waals surface area contributed by atoms with Crippen molar-refractivity contribution < 1.29 is 27.9 Å². The van der Waals surface area contributed by atoms with Gasteiger partial charge in [-0.2, -0.15) is 13.2 Å². The van der Waals surface area contributed by atoms with Gasteiger partial charge in [-0.3, -0.25) is 14.5 Å². The molecule has 0 aromatic heterocycles. The monoisotopic (exact) mass is 262 g/mol. The van der Waals surface area contributed by atoms with Crippen LogP contribution in [0.5, 0.6) is 0 Å². The lowest BCUT2D eigenvalue weighted by Crippen LogP contribution is -2.44. The van der Waals surface area contributed by atoms with Crippen LogP contribution in [0.2, 0.25) is 0 Å². The summed E-state index contributed by atoms with van der Waals surface area (Å²) >= 11 is 0. The van der Waals surface area contributed by atoms with E-state index in [-0.39, 0.29) is 16.3 Å². The fourth-order valence-corrected chi connectivity index (χ4v) is 1.22. The summed E-state index contributed by atoms with van der Waals surface area (Å²) in [5, 5.41) is 8.53. The van der Waals surface area contributed by atoms with Crippen molar-refractivity contribution >= 4 is 23.3 Å². The zero-order valence-corrected chi connectivity index (χ0v) is 8.94. The van der Waals surface area contributed by atoms with E-state index < -0.39 is 24.6 Å². The molecular weight excluding hydrogens is 253 g/mol. The number of amides is 1. The highest BCUT2D eigenvalue weighted by Crippen LogP contribution is 2.24. The largest absolute Gasteiger partial charge is 0.480 e. The molecule has 1 amide bonds. The molecule has 0 radical (unpaired) electrons. The van der Waals surface area contributed by atoms with Crippen LogP contribution in [0.4, 0.5) is 24.5 Å². The van der Waals surface area contributed by atoms with E-state index in [1.165, 1.54) is 12.1 Å². The maximum absolute atomic E-state index is 12.3. The number of hydrogen-bond acceptors (Lipinski definition) is 3. The van der Waals surface area contributed by atoms with Gasteiger partial charge >= 0.3 is 18.1 Å². The molecule has 0 aliphatic rings. The lowest BCUT2D eigenvalue weighted by molar-refractivity contribution is -0.170. The van der Waals surface area contributed by atoms with Gasteiger partial charge in [-0.1, -0.05) is 0 Å². The van der Waals surface area contributed by atoms with Crippen molar-refractivity contribution in [3.8, 4) is 0 Å². The second kappa shape index (κ2) is 4.94. The van der Waals surface area contributed by atoms with Crippen LogP contribution in [-0.2, 0) is 9.59 Å². The van der Waals surface area contributed by atoms with Crippen LogP contribution in [0.3, 0.4) is 0 Å². The molecule has 0 aliphatic heterocycles. The van der Waals surface area contributed by atoms with Crippen molar-refractivity contribution in [3.05, 3.63) is 24.3 Å². The molecule has 1 rings (SSSR count). The van der Waals surface area contributed by atoms with E-state index >= 15 is 0 Å². The van der Waals surface area contributed by atoms with Crippen LogP contribution in [0.1, 0.15) is 0 Å². The number of carboxylic acid groups (broad SMARTS) is 1. The quantitative estimate of drug-likeness (QED) is 0.803. The van der Waals surface area contributed by atoms with E-state index in [9.17, 15) is 22.8 Å². The Kier molecular flexibility index (Phi) is 3.79. The van der Waals surface area contributed by atoms with Crippen molar-refractivity contribution in [2.24, 2.45) is 0 Å². The van der Waals surface area contributed by atoms with Crippen LogP contribution in [0.25, 0.3) is 0 Å². The first-order valence-corrected chi connectivity index (χ1v) is 4.68. The Morgan fingerprint density at radius 1 is 1.22 bits per heavy atom.